The highest BCUT2D eigenvalue weighted by Gasteiger charge is 2.55. The molecule has 212 valence electrons. The van der Waals surface area contributed by atoms with Gasteiger partial charge in [-0.05, 0) is 60.6 Å². The Morgan fingerprint density at radius 3 is 2.26 bits per heavy atom. The minimum absolute atomic E-state index is 0.0897. The molecule has 1 saturated carbocycles. The molecule has 2 aliphatic rings. The normalized spacial score (nSPS) is 24.8. The summed E-state index contributed by atoms with van der Waals surface area (Å²) in [6.45, 7) is 1.79. The molecular weight excluding hydrogens is 561 g/mol. The smallest absolute Gasteiger partial charge is 0.304 e. The molecule has 2 fully saturated rings. The van der Waals surface area contributed by atoms with Crippen LogP contribution in [0, 0.1) is 11.3 Å². The number of halogens is 2. The summed E-state index contributed by atoms with van der Waals surface area (Å²) in [5.41, 5.74) is 0.535. The van der Waals surface area contributed by atoms with Gasteiger partial charge in [0.1, 0.15) is 0 Å². The average Bonchev–Trinajstić information content (AvgIpc) is 3.69. The standard InChI is InChI=1S/C28H35Cl2N3O5S/c1-28(16-25(34)35)15-23(20-6-5-7-22(30)14-20)26(19-10-12-21(29)13-11-19)33(27(28)36)24(18-8-9-18)17-32(4)39(37,38)31(2)3/h5-7,10-14,18,23-24,26H,8-9,15-17H2,1-4H3,(H,34,35). The third-order valence-electron chi connectivity index (χ3n) is 7.95. The highest BCUT2D eigenvalue weighted by atomic mass is 35.5. The molecule has 1 heterocycles. The molecule has 1 aliphatic heterocycles. The van der Waals surface area contributed by atoms with Crippen molar-refractivity contribution < 1.29 is 23.1 Å². The van der Waals surface area contributed by atoms with Crippen LogP contribution in [0.1, 0.15) is 55.7 Å². The van der Waals surface area contributed by atoms with Crippen molar-refractivity contribution in [2.24, 2.45) is 11.3 Å². The van der Waals surface area contributed by atoms with E-state index in [4.69, 9.17) is 23.2 Å². The lowest BCUT2D eigenvalue weighted by Crippen LogP contribution is -2.59. The summed E-state index contributed by atoms with van der Waals surface area (Å²) in [5, 5.41) is 10.9. The number of carbonyl (C=O) groups is 2. The topological polar surface area (TPSA) is 98.2 Å². The summed E-state index contributed by atoms with van der Waals surface area (Å²) < 4.78 is 28.4. The van der Waals surface area contributed by atoms with E-state index in [0.29, 0.717) is 16.5 Å². The highest BCUT2D eigenvalue weighted by molar-refractivity contribution is 7.86. The molecule has 1 N–H and O–H groups in total. The van der Waals surface area contributed by atoms with E-state index in [1.807, 2.05) is 30.3 Å². The average molecular weight is 597 g/mol. The monoisotopic (exact) mass is 595 g/mol. The van der Waals surface area contributed by atoms with Gasteiger partial charge in [-0.15, -0.1) is 0 Å². The Morgan fingerprint density at radius 2 is 1.72 bits per heavy atom. The van der Waals surface area contributed by atoms with Crippen molar-refractivity contribution >= 4 is 45.3 Å². The first-order valence-electron chi connectivity index (χ1n) is 12.9. The molecule has 0 spiro atoms. The number of carbonyl (C=O) groups excluding carboxylic acids is 1. The molecule has 4 unspecified atom stereocenters. The van der Waals surface area contributed by atoms with E-state index < -0.39 is 33.7 Å². The SMILES string of the molecule is CN(C)S(=O)(=O)N(C)CC(C1CC1)N1C(=O)C(C)(CC(=O)O)CC(c2cccc(Cl)c2)C1c1ccc(Cl)cc1. The maximum absolute atomic E-state index is 14.4. The van der Waals surface area contributed by atoms with Gasteiger partial charge in [0.2, 0.25) is 5.91 Å². The van der Waals surface area contributed by atoms with E-state index in [9.17, 15) is 23.1 Å². The molecule has 4 atom stereocenters. The second-order valence-corrected chi connectivity index (χ2v) is 14.3. The summed E-state index contributed by atoms with van der Waals surface area (Å²) in [5.74, 6) is -1.54. The van der Waals surface area contributed by atoms with Gasteiger partial charge in [0.15, 0.2) is 0 Å². The first kappa shape index (κ1) is 29.8. The third kappa shape index (κ3) is 6.28. The summed E-state index contributed by atoms with van der Waals surface area (Å²) in [4.78, 5) is 28.3. The number of likely N-dealkylation sites (N-methyl/N-ethyl adjacent to an activating group) is 1. The van der Waals surface area contributed by atoms with Crippen molar-refractivity contribution in [2.45, 2.75) is 50.6 Å². The third-order valence-corrected chi connectivity index (χ3v) is 10.3. The zero-order chi connectivity index (χ0) is 28.7. The quantitative estimate of drug-likeness (QED) is 0.414. The maximum atomic E-state index is 14.4. The van der Waals surface area contributed by atoms with Crippen LogP contribution in [0.2, 0.25) is 10.0 Å². The van der Waals surface area contributed by atoms with Gasteiger partial charge in [-0.1, -0.05) is 54.4 Å². The van der Waals surface area contributed by atoms with Crippen molar-refractivity contribution in [1.82, 2.24) is 13.5 Å². The summed E-state index contributed by atoms with van der Waals surface area (Å²) in [6.07, 6.45) is 1.67. The molecule has 8 nitrogen and oxygen atoms in total. The van der Waals surface area contributed by atoms with E-state index in [2.05, 4.69) is 0 Å². The number of carboxylic acids is 1. The first-order chi connectivity index (χ1) is 18.2. The minimum Gasteiger partial charge on any atom is -0.481 e. The number of amides is 1. The van der Waals surface area contributed by atoms with Crippen LogP contribution in [0.3, 0.4) is 0 Å². The molecule has 2 aromatic carbocycles. The fourth-order valence-corrected chi connectivity index (χ4v) is 7.05. The van der Waals surface area contributed by atoms with E-state index in [1.54, 1.807) is 30.0 Å². The second-order valence-electron chi connectivity index (χ2n) is 11.2. The van der Waals surface area contributed by atoms with Crippen LogP contribution >= 0.6 is 23.2 Å². The number of rotatable bonds is 10. The van der Waals surface area contributed by atoms with Crippen molar-refractivity contribution in [3.05, 3.63) is 69.7 Å². The van der Waals surface area contributed by atoms with Crippen LogP contribution in [-0.2, 0) is 19.8 Å². The van der Waals surface area contributed by atoms with E-state index in [1.165, 1.54) is 25.4 Å². The van der Waals surface area contributed by atoms with Gasteiger partial charge in [-0.25, -0.2) is 0 Å². The number of carboxylic acid groups (broad SMARTS) is 1. The number of hydrogen-bond acceptors (Lipinski definition) is 4. The Hall–Kier alpha value is -2.17. The predicted octanol–water partition coefficient (Wildman–Crippen LogP) is 5.05. The van der Waals surface area contributed by atoms with E-state index in [-0.39, 0.29) is 30.7 Å². The van der Waals surface area contributed by atoms with Crippen molar-refractivity contribution in [2.75, 3.05) is 27.7 Å². The van der Waals surface area contributed by atoms with Crippen LogP contribution in [0.5, 0.6) is 0 Å². The molecule has 0 bridgehead atoms. The molecule has 0 aromatic heterocycles. The zero-order valence-corrected chi connectivity index (χ0v) is 24.9. The molecule has 2 aromatic rings. The Morgan fingerprint density at radius 1 is 1.08 bits per heavy atom. The number of likely N-dealkylation sites (tertiary alicyclic amines) is 1. The van der Waals surface area contributed by atoms with E-state index >= 15 is 0 Å². The lowest BCUT2D eigenvalue weighted by Gasteiger charge is -2.52. The second kappa shape index (κ2) is 11.4. The van der Waals surface area contributed by atoms with Gasteiger partial charge >= 0.3 is 5.97 Å². The lowest BCUT2D eigenvalue weighted by molar-refractivity contribution is -0.161. The molecule has 0 radical (unpaired) electrons. The first-order valence-corrected chi connectivity index (χ1v) is 15.1. The van der Waals surface area contributed by atoms with Crippen LogP contribution in [-0.4, -0.2) is 72.6 Å². The number of aliphatic carboxylic acids is 1. The number of piperidine rings is 1. The van der Waals surface area contributed by atoms with Gasteiger partial charge in [0.25, 0.3) is 10.2 Å². The lowest BCUT2D eigenvalue weighted by atomic mass is 9.67. The molecule has 11 heteroatoms. The number of benzene rings is 2. The van der Waals surface area contributed by atoms with Gasteiger partial charge in [-0.3, -0.25) is 9.59 Å². The van der Waals surface area contributed by atoms with Crippen LogP contribution in [0.25, 0.3) is 0 Å². The maximum Gasteiger partial charge on any atom is 0.304 e. The van der Waals surface area contributed by atoms with Gasteiger partial charge in [0, 0.05) is 49.7 Å². The Labute approximate surface area is 240 Å². The summed E-state index contributed by atoms with van der Waals surface area (Å²) in [6, 6.07) is 13.8. The molecule has 1 saturated heterocycles. The van der Waals surface area contributed by atoms with Crippen molar-refractivity contribution in [3.63, 3.8) is 0 Å². The van der Waals surface area contributed by atoms with E-state index in [0.717, 1.165) is 28.3 Å². The molecule has 39 heavy (non-hydrogen) atoms. The molecule has 1 aliphatic carbocycles. The molecule has 1 amide bonds. The number of nitrogens with zero attached hydrogens (tertiary/aromatic N) is 3. The molecule has 4 rings (SSSR count). The van der Waals surface area contributed by atoms with Crippen LogP contribution in [0.4, 0.5) is 0 Å². The Balaban J connectivity index is 1.90. The fourth-order valence-electron chi connectivity index (χ4n) is 5.83. The highest BCUT2D eigenvalue weighted by Crippen LogP contribution is 2.54. The Bertz CT molecular complexity index is 1330. The zero-order valence-electron chi connectivity index (χ0n) is 22.5. The van der Waals surface area contributed by atoms with Gasteiger partial charge in [0.05, 0.1) is 17.9 Å². The van der Waals surface area contributed by atoms with Gasteiger partial charge in [-0.2, -0.15) is 17.0 Å². The Kier molecular flexibility index (Phi) is 8.69. The largest absolute Gasteiger partial charge is 0.481 e. The fraction of sp³-hybridized carbons (Fsp3) is 0.500. The molecular formula is C28H35Cl2N3O5S. The van der Waals surface area contributed by atoms with Crippen LogP contribution < -0.4 is 0 Å². The van der Waals surface area contributed by atoms with Gasteiger partial charge < -0.3 is 10.0 Å². The van der Waals surface area contributed by atoms with Crippen molar-refractivity contribution in [1.29, 1.82) is 0 Å². The minimum atomic E-state index is -3.74. The number of hydrogen-bond donors (Lipinski definition) is 1. The van der Waals surface area contributed by atoms with Crippen molar-refractivity contribution in [3.8, 4) is 0 Å². The summed E-state index contributed by atoms with van der Waals surface area (Å²) in [7, 11) is 0.718. The predicted molar refractivity (Wildman–Crippen MR) is 152 cm³/mol. The summed E-state index contributed by atoms with van der Waals surface area (Å²) >= 11 is 12.6. The van der Waals surface area contributed by atoms with Crippen LogP contribution in [0.15, 0.2) is 48.5 Å².